The van der Waals surface area contributed by atoms with Gasteiger partial charge in [0.15, 0.2) is 0 Å². The van der Waals surface area contributed by atoms with E-state index >= 15 is 0 Å². The average Bonchev–Trinajstić information content (AvgIpc) is 2.69. The molecule has 0 aromatic heterocycles. The number of nitrogens with one attached hydrogen (secondary N) is 1. The van der Waals surface area contributed by atoms with Crippen molar-refractivity contribution in [1.82, 2.24) is 0 Å². The summed E-state index contributed by atoms with van der Waals surface area (Å²) >= 11 is 0. The maximum atomic E-state index is 13.3. The molecule has 1 atom stereocenters. The molecular weight excluding hydrogens is 371 g/mol. The van der Waals surface area contributed by atoms with Gasteiger partial charge in [-0.3, -0.25) is 9.36 Å². The van der Waals surface area contributed by atoms with E-state index in [0.29, 0.717) is 5.69 Å². The van der Waals surface area contributed by atoms with Crippen LogP contribution in [0, 0.1) is 6.92 Å². The first-order valence-electron chi connectivity index (χ1n) is 8.87. The average molecular weight is 394 g/mol. The molecule has 0 saturated carbocycles. The van der Waals surface area contributed by atoms with Gasteiger partial charge < -0.3 is 15.1 Å². The van der Waals surface area contributed by atoms with Crippen LogP contribution in [0.25, 0.3) is 0 Å². The molecule has 5 nitrogen and oxygen atoms in total. The Morgan fingerprint density at radius 1 is 0.964 bits per heavy atom. The van der Waals surface area contributed by atoms with Crippen LogP contribution < -0.4 is 20.8 Å². The Hall–Kier alpha value is -2.88. The van der Waals surface area contributed by atoms with E-state index in [4.69, 9.17) is 0 Å². The van der Waals surface area contributed by atoms with Gasteiger partial charge in [0.2, 0.25) is 0 Å². The molecule has 0 bridgehead atoms. The largest absolute Gasteiger partial charge is 0.378 e. The number of carbonyl (C=O) groups excluding carboxylic acids is 1. The molecule has 1 unspecified atom stereocenters. The van der Waals surface area contributed by atoms with Gasteiger partial charge >= 0.3 is 0 Å². The van der Waals surface area contributed by atoms with Gasteiger partial charge in [-0.05, 0) is 49.4 Å². The predicted molar refractivity (Wildman–Crippen MR) is 115 cm³/mol. The van der Waals surface area contributed by atoms with Gasteiger partial charge in [-0.2, -0.15) is 0 Å². The third-order valence-corrected chi connectivity index (χ3v) is 6.52. The zero-order chi connectivity index (χ0) is 20.3. The molecule has 0 aliphatic carbocycles. The SMILES string of the molecule is Cc1ccc(NC(=O)c2cc(N(C)C)ccc2P(=O)(O)c2ccccc2)cc1. The molecule has 28 heavy (non-hydrogen) atoms. The Labute approximate surface area is 165 Å². The summed E-state index contributed by atoms with van der Waals surface area (Å²) in [5.41, 5.74) is 2.66. The van der Waals surface area contributed by atoms with E-state index in [2.05, 4.69) is 5.32 Å². The van der Waals surface area contributed by atoms with E-state index in [1.54, 1.807) is 60.7 Å². The number of rotatable bonds is 5. The van der Waals surface area contributed by atoms with Crippen molar-refractivity contribution in [2.24, 2.45) is 0 Å². The number of nitrogens with zero attached hydrogens (tertiary/aromatic N) is 1. The molecule has 3 aromatic rings. The maximum Gasteiger partial charge on any atom is 0.259 e. The van der Waals surface area contributed by atoms with Crippen molar-refractivity contribution in [3.8, 4) is 0 Å². The third kappa shape index (κ3) is 4.16. The second kappa shape index (κ2) is 8.01. The molecule has 3 aromatic carbocycles. The number of carbonyl (C=O) groups is 1. The summed E-state index contributed by atoms with van der Waals surface area (Å²) in [5, 5.41) is 3.23. The second-order valence-electron chi connectivity index (χ2n) is 6.83. The number of anilines is 2. The first-order valence-corrected chi connectivity index (χ1v) is 10.5. The van der Waals surface area contributed by atoms with Crippen molar-refractivity contribution in [2.45, 2.75) is 6.92 Å². The van der Waals surface area contributed by atoms with E-state index in [0.717, 1.165) is 11.3 Å². The van der Waals surface area contributed by atoms with E-state index < -0.39 is 13.3 Å². The molecule has 0 aliphatic rings. The van der Waals surface area contributed by atoms with Crippen molar-refractivity contribution in [2.75, 3.05) is 24.3 Å². The highest BCUT2D eigenvalue weighted by atomic mass is 31.2. The first-order chi connectivity index (χ1) is 13.3. The number of aryl methyl sites for hydroxylation is 1. The molecule has 144 valence electrons. The number of hydrogen-bond acceptors (Lipinski definition) is 3. The summed E-state index contributed by atoms with van der Waals surface area (Å²) < 4.78 is 13.3. The summed E-state index contributed by atoms with van der Waals surface area (Å²) in [7, 11) is -0.224. The Morgan fingerprint density at radius 3 is 2.21 bits per heavy atom. The molecule has 1 amide bonds. The molecular formula is C22H23N2O3P. The van der Waals surface area contributed by atoms with Crippen LogP contribution in [0.2, 0.25) is 0 Å². The summed E-state index contributed by atoms with van der Waals surface area (Å²) in [6, 6.07) is 20.7. The molecule has 0 aliphatic heterocycles. The van der Waals surface area contributed by atoms with Crippen LogP contribution in [0.3, 0.4) is 0 Å². The molecule has 0 radical (unpaired) electrons. The van der Waals surface area contributed by atoms with Gasteiger partial charge in [-0.25, -0.2) is 0 Å². The molecule has 2 N–H and O–H groups in total. The van der Waals surface area contributed by atoms with Crippen molar-refractivity contribution in [1.29, 1.82) is 0 Å². The Balaban J connectivity index is 2.07. The van der Waals surface area contributed by atoms with Crippen LogP contribution in [0.1, 0.15) is 15.9 Å². The zero-order valence-electron chi connectivity index (χ0n) is 16.1. The standard InChI is InChI=1S/C22H23N2O3P/c1-16-9-11-17(12-10-16)23-22(25)20-15-18(24(2)3)13-14-21(20)28(26,27)19-7-5-4-6-8-19/h4-15H,1-3H3,(H,23,25)(H,26,27). The highest BCUT2D eigenvalue weighted by Crippen LogP contribution is 2.40. The monoisotopic (exact) mass is 394 g/mol. The van der Waals surface area contributed by atoms with Gasteiger partial charge in [0, 0.05) is 30.8 Å². The molecule has 0 spiro atoms. The topological polar surface area (TPSA) is 69.6 Å². The van der Waals surface area contributed by atoms with E-state index in [9.17, 15) is 14.3 Å². The van der Waals surface area contributed by atoms with Crippen LogP contribution in [-0.4, -0.2) is 24.9 Å². The second-order valence-corrected chi connectivity index (χ2v) is 8.98. The molecule has 0 fully saturated rings. The lowest BCUT2D eigenvalue weighted by Crippen LogP contribution is -2.26. The Morgan fingerprint density at radius 2 is 1.61 bits per heavy atom. The minimum absolute atomic E-state index is 0.119. The van der Waals surface area contributed by atoms with Crippen LogP contribution in [-0.2, 0) is 4.57 Å². The highest BCUT2D eigenvalue weighted by Gasteiger charge is 2.29. The van der Waals surface area contributed by atoms with Gasteiger partial charge in [0.25, 0.3) is 13.3 Å². The summed E-state index contributed by atoms with van der Waals surface area (Å²) in [6.07, 6.45) is 0. The lowest BCUT2D eigenvalue weighted by molar-refractivity contribution is 0.102. The van der Waals surface area contributed by atoms with Gasteiger partial charge in [-0.1, -0.05) is 35.9 Å². The summed E-state index contributed by atoms with van der Waals surface area (Å²) in [6.45, 7) is 1.96. The smallest absolute Gasteiger partial charge is 0.259 e. The van der Waals surface area contributed by atoms with Crippen LogP contribution in [0.15, 0.2) is 72.8 Å². The van der Waals surface area contributed by atoms with E-state index in [-0.39, 0.29) is 16.2 Å². The first kappa shape index (κ1) is 19.9. The lowest BCUT2D eigenvalue weighted by atomic mass is 10.1. The lowest BCUT2D eigenvalue weighted by Gasteiger charge is -2.20. The van der Waals surface area contributed by atoms with Crippen molar-refractivity contribution < 1.29 is 14.3 Å². The van der Waals surface area contributed by atoms with Crippen LogP contribution in [0.4, 0.5) is 11.4 Å². The number of benzene rings is 3. The normalized spacial score (nSPS) is 12.9. The number of amides is 1. The fraction of sp³-hybridized carbons (Fsp3) is 0.136. The minimum Gasteiger partial charge on any atom is -0.378 e. The quantitative estimate of drug-likeness (QED) is 0.650. The predicted octanol–water partition coefficient (Wildman–Crippen LogP) is 3.53. The Bertz CT molecular complexity index is 1030. The van der Waals surface area contributed by atoms with Crippen molar-refractivity contribution in [3.05, 3.63) is 83.9 Å². The minimum atomic E-state index is -3.93. The maximum absolute atomic E-state index is 13.3. The highest BCUT2D eigenvalue weighted by molar-refractivity contribution is 7.73. The molecule has 0 heterocycles. The van der Waals surface area contributed by atoms with Gasteiger partial charge in [-0.15, -0.1) is 0 Å². The van der Waals surface area contributed by atoms with Crippen molar-refractivity contribution >= 4 is 35.3 Å². The molecule has 6 heteroatoms. The zero-order valence-corrected chi connectivity index (χ0v) is 17.0. The van der Waals surface area contributed by atoms with Gasteiger partial charge in [0.1, 0.15) is 0 Å². The fourth-order valence-electron chi connectivity index (χ4n) is 2.85. The molecule has 3 rings (SSSR count). The summed E-state index contributed by atoms with van der Waals surface area (Å²) in [4.78, 5) is 25.7. The fourth-order valence-corrected chi connectivity index (χ4v) is 4.48. The van der Waals surface area contributed by atoms with Crippen LogP contribution in [0.5, 0.6) is 0 Å². The third-order valence-electron chi connectivity index (χ3n) is 4.48. The van der Waals surface area contributed by atoms with E-state index in [1.165, 1.54) is 0 Å². The number of hydrogen-bond donors (Lipinski definition) is 2. The van der Waals surface area contributed by atoms with E-state index in [1.807, 2.05) is 38.1 Å². The summed E-state index contributed by atoms with van der Waals surface area (Å²) in [5.74, 6) is -0.423. The van der Waals surface area contributed by atoms with Crippen LogP contribution >= 0.6 is 7.37 Å². The Kier molecular flexibility index (Phi) is 5.68. The molecule has 0 saturated heterocycles. The van der Waals surface area contributed by atoms with Crippen molar-refractivity contribution in [3.63, 3.8) is 0 Å². The van der Waals surface area contributed by atoms with Gasteiger partial charge in [0.05, 0.1) is 10.9 Å².